The molecule has 0 amide bonds. The SMILES string of the molecule is O=C([O-])C(O)c1ccccc1.O=C([O-])C(O)c1ccccc1.O=C([O-])C(O)c1ccccc1.O=C([O-])C(O)c1ccccc1.[Hf+4]. The van der Waals surface area contributed by atoms with Crippen LogP contribution in [0.25, 0.3) is 0 Å². The molecule has 232 valence electrons. The second-order valence-corrected chi connectivity index (χ2v) is 8.53. The Hall–Kier alpha value is -4.53. The first-order valence-corrected chi connectivity index (χ1v) is 12.6. The maximum atomic E-state index is 10.1. The van der Waals surface area contributed by atoms with Crippen LogP contribution in [0.1, 0.15) is 46.7 Å². The van der Waals surface area contributed by atoms with E-state index in [0.717, 1.165) is 0 Å². The van der Waals surface area contributed by atoms with E-state index in [4.69, 9.17) is 20.4 Å². The van der Waals surface area contributed by atoms with E-state index in [1.165, 1.54) is 48.5 Å². The first-order chi connectivity index (χ1) is 20.9. The third-order valence-electron chi connectivity index (χ3n) is 5.35. The molecule has 4 aromatic rings. The van der Waals surface area contributed by atoms with Crippen molar-refractivity contribution in [2.24, 2.45) is 0 Å². The van der Waals surface area contributed by atoms with Gasteiger partial charge in [-0.15, -0.1) is 0 Å². The van der Waals surface area contributed by atoms with Gasteiger partial charge >= 0.3 is 25.8 Å². The van der Waals surface area contributed by atoms with Gasteiger partial charge in [0.15, 0.2) is 0 Å². The molecule has 12 nitrogen and oxygen atoms in total. The molecule has 4 unspecified atom stereocenters. The molecule has 0 aliphatic heterocycles. The van der Waals surface area contributed by atoms with Gasteiger partial charge in [0.05, 0.1) is 23.9 Å². The van der Waals surface area contributed by atoms with Gasteiger partial charge in [-0.3, -0.25) is 0 Å². The monoisotopic (exact) mass is 784 g/mol. The quantitative estimate of drug-likeness (QED) is 0.140. The first-order valence-electron chi connectivity index (χ1n) is 12.6. The van der Waals surface area contributed by atoms with E-state index < -0.39 is 48.3 Å². The van der Waals surface area contributed by atoms with Crippen LogP contribution in [0.5, 0.6) is 0 Å². The average molecular weight is 783 g/mol. The molecule has 0 aromatic heterocycles. The minimum Gasteiger partial charge on any atom is -0.547 e. The smallest absolute Gasteiger partial charge is 0.547 e. The van der Waals surface area contributed by atoms with E-state index >= 15 is 0 Å². The number of hydrogen-bond acceptors (Lipinski definition) is 12. The largest absolute Gasteiger partial charge is 4.00 e. The van der Waals surface area contributed by atoms with Gasteiger partial charge in [-0.25, -0.2) is 0 Å². The molecule has 4 atom stereocenters. The van der Waals surface area contributed by atoms with Gasteiger partial charge in [-0.05, 0) is 22.3 Å². The molecular weight excluding hydrogens is 755 g/mol. The number of aliphatic carboxylic acids is 4. The zero-order chi connectivity index (χ0) is 33.1. The van der Waals surface area contributed by atoms with Crippen LogP contribution in [-0.4, -0.2) is 44.3 Å². The summed E-state index contributed by atoms with van der Waals surface area (Å²) in [5.74, 6) is -5.90. The predicted molar refractivity (Wildman–Crippen MR) is 146 cm³/mol. The summed E-state index contributed by atoms with van der Waals surface area (Å²) in [5, 5.41) is 76.3. The van der Waals surface area contributed by atoms with Gasteiger partial charge in [0.1, 0.15) is 24.4 Å². The Bertz CT molecular complexity index is 1200. The van der Waals surface area contributed by atoms with Crippen molar-refractivity contribution in [1.29, 1.82) is 0 Å². The van der Waals surface area contributed by atoms with Crippen LogP contribution in [-0.2, 0) is 45.0 Å². The number of carbonyl (C=O) groups excluding carboxylic acids is 4. The van der Waals surface area contributed by atoms with Crippen LogP contribution < -0.4 is 20.4 Å². The van der Waals surface area contributed by atoms with Crippen molar-refractivity contribution in [2.45, 2.75) is 24.4 Å². The van der Waals surface area contributed by atoms with E-state index in [2.05, 4.69) is 0 Å². The van der Waals surface area contributed by atoms with Gasteiger partial charge in [0.2, 0.25) is 0 Å². The van der Waals surface area contributed by atoms with E-state index in [9.17, 15) is 39.6 Å². The molecule has 4 rings (SSSR count). The van der Waals surface area contributed by atoms with Crippen LogP contribution in [0.3, 0.4) is 0 Å². The zero-order valence-electron chi connectivity index (χ0n) is 23.4. The van der Waals surface area contributed by atoms with Gasteiger partial charge in [0.25, 0.3) is 0 Å². The van der Waals surface area contributed by atoms with Crippen molar-refractivity contribution in [2.75, 3.05) is 0 Å². The summed E-state index contributed by atoms with van der Waals surface area (Å²) in [7, 11) is 0. The summed E-state index contributed by atoms with van der Waals surface area (Å²) < 4.78 is 0. The van der Waals surface area contributed by atoms with Gasteiger partial charge in [-0.1, -0.05) is 121 Å². The molecule has 0 radical (unpaired) electrons. The van der Waals surface area contributed by atoms with Crippen LogP contribution in [0.2, 0.25) is 0 Å². The molecule has 4 aromatic carbocycles. The number of carboxylic acid groups (broad SMARTS) is 4. The fourth-order valence-electron chi connectivity index (χ4n) is 3.09. The number of aliphatic hydroxyl groups excluding tert-OH is 4. The number of benzene rings is 4. The molecule has 13 heteroatoms. The molecule has 4 N–H and O–H groups in total. The van der Waals surface area contributed by atoms with E-state index in [1.54, 1.807) is 72.8 Å². The minimum absolute atomic E-state index is 0. The Labute approximate surface area is 276 Å². The summed E-state index contributed by atoms with van der Waals surface area (Å²) in [4.78, 5) is 40.6. The van der Waals surface area contributed by atoms with Crippen LogP contribution in [0.15, 0.2) is 121 Å². The summed E-state index contributed by atoms with van der Waals surface area (Å²) in [6, 6.07) is 32.4. The Morgan fingerprint density at radius 3 is 0.600 bits per heavy atom. The van der Waals surface area contributed by atoms with Crippen molar-refractivity contribution in [3.05, 3.63) is 144 Å². The predicted octanol–water partition coefficient (Wildman–Crippen LogP) is -2.12. The fraction of sp³-hybridized carbons (Fsp3) is 0.125. The number of carbonyl (C=O) groups is 4. The molecule has 0 heterocycles. The second kappa shape index (κ2) is 22.0. The molecule has 0 spiro atoms. The summed E-state index contributed by atoms with van der Waals surface area (Å²) in [6.07, 6.45) is -6.07. The summed E-state index contributed by atoms with van der Waals surface area (Å²) in [5.41, 5.74) is 1.36. The van der Waals surface area contributed by atoms with E-state index in [0.29, 0.717) is 22.3 Å². The second-order valence-electron chi connectivity index (χ2n) is 8.53. The number of carboxylic acids is 4. The number of hydrogen-bond donors (Lipinski definition) is 4. The van der Waals surface area contributed by atoms with Crippen LogP contribution >= 0.6 is 0 Å². The molecule has 0 saturated heterocycles. The maximum absolute atomic E-state index is 10.1. The van der Waals surface area contributed by atoms with Crippen molar-refractivity contribution in [1.82, 2.24) is 0 Å². The molecule has 0 fully saturated rings. The summed E-state index contributed by atoms with van der Waals surface area (Å²) >= 11 is 0. The molecule has 0 saturated carbocycles. The van der Waals surface area contributed by atoms with Crippen molar-refractivity contribution in [3.63, 3.8) is 0 Å². The molecule has 0 aliphatic rings. The maximum Gasteiger partial charge on any atom is 4.00 e. The minimum atomic E-state index is -1.52. The van der Waals surface area contributed by atoms with Crippen LogP contribution in [0, 0.1) is 0 Å². The Kier molecular flexibility index (Phi) is 19.8. The Morgan fingerprint density at radius 1 is 0.356 bits per heavy atom. The fourth-order valence-corrected chi connectivity index (χ4v) is 3.09. The standard InChI is InChI=1S/4C8H8O3.Hf/c4*9-7(8(10)11)6-4-2-1-3-5-6;/h4*1-5,7,9H,(H,10,11);/q;;;;+4/p-4. The first kappa shape index (κ1) is 40.5. The molecule has 45 heavy (non-hydrogen) atoms. The molecule has 0 aliphatic carbocycles. The molecular formula is C32H28HfO12. The Balaban J connectivity index is 0.000000569. The normalized spacial score (nSPS) is 12.2. The van der Waals surface area contributed by atoms with Crippen molar-refractivity contribution in [3.8, 4) is 0 Å². The van der Waals surface area contributed by atoms with Gasteiger partial charge in [-0.2, -0.15) is 0 Å². The van der Waals surface area contributed by atoms with E-state index in [1.807, 2.05) is 0 Å². The topological polar surface area (TPSA) is 241 Å². The van der Waals surface area contributed by atoms with Crippen LogP contribution in [0.4, 0.5) is 0 Å². The zero-order valence-corrected chi connectivity index (χ0v) is 27.0. The molecule has 0 bridgehead atoms. The third-order valence-corrected chi connectivity index (χ3v) is 5.35. The average Bonchev–Trinajstić information content (AvgIpc) is 3.05. The Morgan fingerprint density at radius 2 is 0.489 bits per heavy atom. The summed E-state index contributed by atoms with van der Waals surface area (Å²) in [6.45, 7) is 0. The van der Waals surface area contributed by atoms with Gasteiger partial charge < -0.3 is 60.0 Å². The number of aliphatic hydroxyl groups is 4. The van der Waals surface area contributed by atoms with Crippen molar-refractivity contribution >= 4 is 23.9 Å². The number of rotatable bonds is 8. The van der Waals surface area contributed by atoms with Crippen molar-refractivity contribution < 1.29 is 85.9 Å². The van der Waals surface area contributed by atoms with E-state index in [-0.39, 0.29) is 25.8 Å². The third kappa shape index (κ3) is 15.7. The van der Waals surface area contributed by atoms with Gasteiger partial charge in [0, 0.05) is 0 Å².